The van der Waals surface area contributed by atoms with Crippen LogP contribution in [-0.4, -0.2) is 36.0 Å². The molecule has 0 spiro atoms. The van der Waals surface area contributed by atoms with E-state index in [2.05, 4.69) is 10.2 Å². The van der Waals surface area contributed by atoms with Crippen LogP contribution >= 0.6 is 23.2 Å². The molecule has 114 valence electrons. The van der Waals surface area contributed by atoms with E-state index in [1.165, 1.54) is 12.8 Å². The molecule has 6 heteroatoms. The summed E-state index contributed by atoms with van der Waals surface area (Å²) < 4.78 is 0. The minimum Gasteiger partial charge on any atom is -0.397 e. The topological polar surface area (TPSA) is 58.4 Å². The van der Waals surface area contributed by atoms with Gasteiger partial charge < -0.3 is 11.1 Å². The maximum Gasteiger partial charge on any atom is 0.251 e. The molecule has 1 aromatic rings. The van der Waals surface area contributed by atoms with Crippen molar-refractivity contribution in [1.82, 2.24) is 10.2 Å². The van der Waals surface area contributed by atoms with E-state index in [9.17, 15) is 4.79 Å². The van der Waals surface area contributed by atoms with Crippen molar-refractivity contribution >= 4 is 34.8 Å². The fourth-order valence-electron chi connectivity index (χ4n) is 3.41. The summed E-state index contributed by atoms with van der Waals surface area (Å²) in [6.45, 7) is 2.22. The number of benzene rings is 1. The van der Waals surface area contributed by atoms with Crippen LogP contribution in [0.3, 0.4) is 0 Å². The Morgan fingerprint density at radius 1 is 1.24 bits per heavy atom. The summed E-state index contributed by atoms with van der Waals surface area (Å²) in [4.78, 5) is 14.9. The van der Waals surface area contributed by atoms with E-state index in [4.69, 9.17) is 28.9 Å². The van der Waals surface area contributed by atoms with Gasteiger partial charge in [-0.3, -0.25) is 9.69 Å². The van der Waals surface area contributed by atoms with Gasteiger partial charge in [0.1, 0.15) is 0 Å². The molecule has 3 rings (SSSR count). The Labute approximate surface area is 134 Å². The second-order valence-electron chi connectivity index (χ2n) is 5.83. The largest absolute Gasteiger partial charge is 0.397 e. The molecular formula is C15H19Cl2N3O. The van der Waals surface area contributed by atoms with E-state index in [-0.39, 0.29) is 11.9 Å². The van der Waals surface area contributed by atoms with Crippen molar-refractivity contribution in [2.75, 3.05) is 18.8 Å². The summed E-state index contributed by atoms with van der Waals surface area (Å²) >= 11 is 11.9. The van der Waals surface area contributed by atoms with Crippen LogP contribution in [0.1, 0.15) is 36.0 Å². The van der Waals surface area contributed by atoms with Crippen molar-refractivity contribution in [2.24, 2.45) is 0 Å². The molecule has 2 unspecified atom stereocenters. The number of fused-ring (bicyclic) bond motifs is 1. The van der Waals surface area contributed by atoms with Crippen LogP contribution < -0.4 is 11.1 Å². The van der Waals surface area contributed by atoms with Crippen molar-refractivity contribution in [3.63, 3.8) is 0 Å². The molecule has 21 heavy (non-hydrogen) atoms. The van der Waals surface area contributed by atoms with Gasteiger partial charge in [0.15, 0.2) is 0 Å². The number of piperidine rings is 1. The van der Waals surface area contributed by atoms with Gasteiger partial charge in [-0.15, -0.1) is 0 Å². The molecule has 0 radical (unpaired) electrons. The molecule has 2 aliphatic rings. The molecule has 2 fully saturated rings. The van der Waals surface area contributed by atoms with Gasteiger partial charge in [-0.25, -0.2) is 0 Å². The molecule has 2 aliphatic heterocycles. The fraction of sp³-hybridized carbons (Fsp3) is 0.533. The molecule has 2 heterocycles. The third-order valence-corrected chi connectivity index (χ3v) is 5.31. The lowest BCUT2D eigenvalue weighted by atomic mass is 9.99. The van der Waals surface area contributed by atoms with Crippen molar-refractivity contribution in [3.8, 4) is 0 Å². The molecule has 0 aliphatic carbocycles. The van der Waals surface area contributed by atoms with E-state index in [0.29, 0.717) is 27.3 Å². The van der Waals surface area contributed by atoms with Gasteiger partial charge in [-0.1, -0.05) is 29.6 Å². The Hall–Kier alpha value is -0.970. The summed E-state index contributed by atoms with van der Waals surface area (Å²) in [7, 11) is 0. The number of halogens is 2. The predicted octanol–water partition coefficient (Wildman–Crippen LogP) is 2.93. The van der Waals surface area contributed by atoms with Crippen LogP contribution in [0.15, 0.2) is 12.1 Å². The number of hydrogen-bond acceptors (Lipinski definition) is 3. The van der Waals surface area contributed by atoms with E-state index < -0.39 is 0 Å². The summed E-state index contributed by atoms with van der Waals surface area (Å²) in [6, 6.07) is 3.84. The number of rotatable bonds is 2. The van der Waals surface area contributed by atoms with Gasteiger partial charge >= 0.3 is 0 Å². The number of nitrogens with one attached hydrogen (secondary N) is 1. The lowest BCUT2D eigenvalue weighted by Crippen LogP contribution is -2.46. The highest BCUT2D eigenvalue weighted by atomic mass is 35.5. The van der Waals surface area contributed by atoms with Crippen LogP contribution in [0.25, 0.3) is 0 Å². The number of carbonyl (C=O) groups is 1. The third kappa shape index (κ3) is 2.98. The van der Waals surface area contributed by atoms with Gasteiger partial charge in [0.25, 0.3) is 5.91 Å². The molecule has 0 saturated carbocycles. The maximum absolute atomic E-state index is 12.4. The van der Waals surface area contributed by atoms with E-state index in [1.54, 1.807) is 12.1 Å². The normalized spacial score (nSPS) is 25.6. The lowest BCUT2D eigenvalue weighted by molar-refractivity contribution is 0.0915. The predicted molar refractivity (Wildman–Crippen MR) is 86.0 cm³/mol. The van der Waals surface area contributed by atoms with Gasteiger partial charge in [-0.2, -0.15) is 0 Å². The highest BCUT2D eigenvalue weighted by Crippen LogP contribution is 2.30. The van der Waals surface area contributed by atoms with Crippen LogP contribution in [0.4, 0.5) is 5.69 Å². The number of carbonyl (C=O) groups excluding carboxylic acids is 1. The monoisotopic (exact) mass is 327 g/mol. The summed E-state index contributed by atoms with van der Waals surface area (Å²) in [5.41, 5.74) is 6.57. The zero-order chi connectivity index (χ0) is 15.0. The second kappa shape index (κ2) is 6.03. The third-order valence-electron chi connectivity index (χ3n) is 4.49. The summed E-state index contributed by atoms with van der Waals surface area (Å²) in [5, 5.41) is 3.74. The molecule has 0 aromatic heterocycles. The SMILES string of the molecule is Nc1cc(C(=O)NC2CCN3CCCCC23)cc(Cl)c1Cl. The first-order chi connectivity index (χ1) is 10.1. The van der Waals surface area contributed by atoms with Gasteiger partial charge in [0, 0.05) is 24.2 Å². The van der Waals surface area contributed by atoms with E-state index >= 15 is 0 Å². The average Bonchev–Trinajstić information content (AvgIpc) is 2.87. The quantitative estimate of drug-likeness (QED) is 0.821. The standard InChI is InChI=1S/C15H19Cl2N3O/c16-10-7-9(8-11(18)14(10)17)15(21)19-12-4-6-20-5-2-1-3-13(12)20/h7-8,12-13H,1-6,18H2,(H,19,21). The van der Waals surface area contributed by atoms with E-state index in [1.807, 2.05) is 0 Å². The maximum atomic E-state index is 12.4. The van der Waals surface area contributed by atoms with Crippen LogP contribution in [0, 0.1) is 0 Å². The van der Waals surface area contributed by atoms with Gasteiger partial charge in [-0.05, 0) is 37.9 Å². The van der Waals surface area contributed by atoms with Gasteiger partial charge in [0.05, 0.1) is 15.7 Å². The number of nitrogens with zero attached hydrogens (tertiary/aromatic N) is 1. The zero-order valence-electron chi connectivity index (χ0n) is 11.7. The minimum absolute atomic E-state index is 0.127. The van der Waals surface area contributed by atoms with Crippen LogP contribution in [-0.2, 0) is 0 Å². The van der Waals surface area contributed by atoms with Crippen molar-refractivity contribution < 1.29 is 4.79 Å². The Bertz CT molecular complexity index is 541. The smallest absolute Gasteiger partial charge is 0.251 e. The number of hydrogen-bond donors (Lipinski definition) is 2. The van der Waals surface area contributed by atoms with E-state index in [0.717, 1.165) is 25.9 Å². The van der Waals surface area contributed by atoms with Crippen LogP contribution in [0.5, 0.6) is 0 Å². The van der Waals surface area contributed by atoms with Crippen molar-refractivity contribution in [1.29, 1.82) is 0 Å². The Morgan fingerprint density at radius 3 is 2.81 bits per heavy atom. The number of nitrogens with two attached hydrogens (primary N) is 1. The Balaban J connectivity index is 1.72. The molecule has 1 amide bonds. The average molecular weight is 328 g/mol. The number of anilines is 1. The first-order valence-electron chi connectivity index (χ1n) is 7.35. The lowest BCUT2D eigenvalue weighted by Gasteiger charge is -2.32. The highest BCUT2D eigenvalue weighted by Gasteiger charge is 2.36. The Morgan fingerprint density at radius 2 is 2.05 bits per heavy atom. The number of nitrogen functional groups attached to an aromatic ring is 1. The second-order valence-corrected chi connectivity index (χ2v) is 6.61. The molecule has 0 bridgehead atoms. The van der Waals surface area contributed by atoms with Crippen molar-refractivity contribution in [3.05, 3.63) is 27.7 Å². The van der Waals surface area contributed by atoms with Gasteiger partial charge in [0.2, 0.25) is 0 Å². The molecule has 2 saturated heterocycles. The summed E-state index contributed by atoms with van der Waals surface area (Å²) in [6.07, 6.45) is 4.68. The molecule has 1 aromatic carbocycles. The molecule has 4 nitrogen and oxygen atoms in total. The fourth-order valence-corrected chi connectivity index (χ4v) is 3.74. The molecule has 3 N–H and O–H groups in total. The first kappa shape index (κ1) is 14.9. The highest BCUT2D eigenvalue weighted by molar-refractivity contribution is 6.43. The van der Waals surface area contributed by atoms with Crippen LogP contribution in [0.2, 0.25) is 10.0 Å². The molecular weight excluding hydrogens is 309 g/mol. The minimum atomic E-state index is -0.127. The Kier molecular flexibility index (Phi) is 4.29. The zero-order valence-corrected chi connectivity index (χ0v) is 13.3. The molecule has 2 atom stereocenters. The first-order valence-corrected chi connectivity index (χ1v) is 8.11. The van der Waals surface area contributed by atoms with Crippen molar-refractivity contribution in [2.45, 2.75) is 37.8 Å². The number of amides is 1. The summed E-state index contributed by atoms with van der Waals surface area (Å²) in [5.74, 6) is -0.127.